The molecule has 0 aromatic rings. The number of nitrogens with two attached hydrogens (primary N) is 1. The predicted octanol–water partition coefficient (Wildman–Crippen LogP) is -6.95. The van der Waals surface area contributed by atoms with Crippen LogP contribution in [-0.2, 0) is 9.53 Å². The van der Waals surface area contributed by atoms with E-state index in [2.05, 4.69) is 4.74 Å². The number of aliphatic hydroxyl groups excluding tert-OH is 10. The van der Waals surface area contributed by atoms with E-state index in [9.17, 15) is 45.6 Å². The van der Waals surface area contributed by atoms with Gasteiger partial charge in [0.15, 0.2) is 0 Å². The van der Waals surface area contributed by atoms with Crippen molar-refractivity contribution in [3.63, 3.8) is 0 Å². The van der Waals surface area contributed by atoms with Crippen molar-refractivity contribution in [1.29, 1.82) is 0 Å². The van der Waals surface area contributed by atoms with E-state index in [1.54, 1.807) is 0 Å². The molecule has 14 heteroatoms. The van der Waals surface area contributed by atoms with Gasteiger partial charge in [0, 0.05) is 19.6 Å². The predicted molar refractivity (Wildman–Crippen MR) is 103 cm³/mol. The average Bonchev–Trinajstić information content (AvgIpc) is 2.77. The fourth-order valence-electron chi connectivity index (χ4n) is 2.72. The second kappa shape index (κ2) is 14.9. The van der Waals surface area contributed by atoms with Gasteiger partial charge in [0.2, 0.25) is 0 Å². The fraction of sp³-hybridized carbons (Fsp3) is 0.941. The Morgan fingerprint density at radius 3 is 1.45 bits per heavy atom. The van der Waals surface area contributed by atoms with Crippen LogP contribution in [0.25, 0.3) is 0 Å². The Morgan fingerprint density at radius 1 is 0.774 bits per heavy atom. The van der Waals surface area contributed by atoms with Gasteiger partial charge < -0.3 is 61.5 Å². The molecule has 0 aromatic heterocycles. The summed E-state index contributed by atoms with van der Waals surface area (Å²) in [4.78, 5) is 12.7. The molecule has 0 saturated heterocycles. The second-order valence-corrected chi connectivity index (χ2v) is 7.27. The van der Waals surface area contributed by atoms with Gasteiger partial charge in [-0.2, -0.15) is 0 Å². The first-order valence-corrected chi connectivity index (χ1v) is 9.63. The molecule has 0 aliphatic carbocycles. The Morgan fingerprint density at radius 2 is 1.13 bits per heavy atom. The lowest BCUT2D eigenvalue weighted by Crippen LogP contribution is -2.53. The van der Waals surface area contributed by atoms with Crippen LogP contribution in [-0.4, -0.2) is 157 Å². The van der Waals surface area contributed by atoms with Crippen LogP contribution < -0.4 is 5.73 Å². The van der Waals surface area contributed by atoms with E-state index in [-0.39, 0.29) is 13.0 Å². The van der Waals surface area contributed by atoms with E-state index in [1.807, 2.05) is 0 Å². The summed E-state index contributed by atoms with van der Waals surface area (Å²) in [6.07, 6.45) is -14.5. The largest absolute Gasteiger partial charge is 0.468 e. The highest BCUT2D eigenvalue weighted by Crippen LogP contribution is 2.11. The molecule has 9 atom stereocenters. The van der Waals surface area contributed by atoms with Crippen molar-refractivity contribution < 1.29 is 60.6 Å². The number of ether oxygens (including phenoxy) is 1. The van der Waals surface area contributed by atoms with Gasteiger partial charge in [-0.3, -0.25) is 9.69 Å². The zero-order chi connectivity index (χ0) is 24.3. The Hall–Kier alpha value is -1.01. The third-order valence-corrected chi connectivity index (χ3v) is 4.80. The normalized spacial score (nSPS) is 20.9. The van der Waals surface area contributed by atoms with Gasteiger partial charge in [-0.05, 0) is 6.42 Å². The number of rotatable bonds is 16. The molecule has 0 bridgehead atoms. The number of esters is 1. The molecule has 0 amide bonds. The van der Waals surface area contributed by atoms with Crippen LogP contribution in [0.2, 0.25) is 0 Å². The highest BCUT2D eigenvalue weighted by Gasteiger charge is 2.34. The topological polar surface area (TPSA) is 258 Å². The van der Waals surface area contributed by atoms with Crippen LogP contribution in [0.15, 0.2) is 0 Å². The number of hydrogen-bond donors (Lipinski definition) is 11. The van der Waals surface area contributed by atoms with Crippen LogP contribution in [0.5, 0.6) is 0 Å². The highest BCUT2D eigenvalue weighted by molar-refractivity contribution is 5.75. The molecule has 0 aliphatic heterocycles. The summed E-state index contributed by atoms with van der Waals surface area (Å²) >= 11 is 0. The first kappa shape index (κ1) is 30.0. The quantitative estimate of drug-likeness (QED) is 0.0957. The molecule has 0 unspecified atom stereocenters. The first-order chi connectivity index (χ1) is 14.4. The number of nitrogens with zero attached hydrogens (tertiary/aromatic N) is 1. The van der Waals surface area contributed by atoms with E-state index in [4.69, 9.17) is 15.9 Å². The van der Waals surface area contributed by atoms with Crippen molar-refractivity contribution >= 4 is 5.97 Å². The molecule has 0 rings (SSSR count). The van der Waals surface area contributed by atoms with E-state index in [0.29, 0.717) is 0 Å². The zero-order valence-corrected chi connectivity index (χ0v) is 17.3. The molecule has 0 aromatic carbocycles. The molecule has 12 N–H and O–H groups in total. The van der Waals surface area contributed by atoms with E-state index < -0.39 is 87.1 Å². The number of carbonyl (C=O) groups excluding carboxylic acids is 1. The molecule has 0 heterocycles. The number of methoxy groups -OCH3 is 1. The summed E-state index contributed by atoms with van der Waals surface area (Å²) in [6, 6.07) is -1.07. The lowest BCUT2D eigenvalue weighted by molar-refractivity contribution is -0.142. The summed E-state index contributed by atoms with van der Waals surface area (Å²) in [5.41, 5.74) is 5.64. The van der Waals surface area contributed by atoms with E-state index in [0.717, 1.165) is 7.11 Å². The van der Waals surface area contributed by atoms with Gasteiger partial charge in [-0.1, -0.05) is 0 Å². The molecule has 186 valence electrons. The number of aliphatic hydroxyl groups is 10. The second-order valence-electron chi connectivity index (χ2n) is 7.27. The first-order valence-electron chi connectivity index (χ1n) is 9.63. The maximum absolute atomic E-state index is 11.5. The lowest BCUT2D eigenvalue weighted by atomic mass is 10.0. The monoisotopic (exact) mass is 460 g/mol. The molecule has 0 saturated carbocycles. The van der Waals surface area contributed by atoms with Gasteiger partial charge in [0.05, 0.1) is 32.5 Å². The summed E-state index contributed by atoms with van der Waals surface area (Å²) in [6.45, 7) is -2.74. The minimum absolute atomic E-state index is 0.0397. The third kappa shape index (κ3) is 9.98. The van der Waals surface area contributed by atoms with Crippen molar-refractivity contribution in [2.45, 2.75) is 61.3 Å². The van der Waals surface area contributed by atoms with Crippen LogP contribution in [0, 0.1) is 0 Å². The number of hydrogen-bond acceptors (Lipinski definition) is 14. The van der Waals surface area contributed by atoms with Gasteiger partial charge >= 0.3 is 5.97 Å². The van der Waals surface area contributed by atoms with Crippen LogP contribution in [0.4, 0.5) is 0 Å². The van der Waals surface area contributed by atoms with Crippen molar-refractivity contribution in [2.75, 3.05) is 40.0 Å². The summed E-state index contributed by atoms with van der Waals surface area (Å²) in [7, 11) is 1.13. The standard InChI is InChI=1S/C17H36N2O12/c1-31-17(30)8(18)2-3-19(4-9(22)13(26)15(28)11(24)6-20)5-10(23)14(27)16(29)12(25)7-21/h8-16,20-29H,2-7,18H2,1H3/t8-,9-,10-,11+,12+,13+,14+,15+,16+/m0/s1. The third-order valence-electron chi connectivity index (χ3n) is 4.80. The molecule has 0 fully saturated rings. The smallest absolute Gasteiger partial charge is 0.322 e. The van der Waals surface area contributed by atoms with E-state index >= 15 is 0 Å². The minimum atomic E-state index is -1.90. The zero-order valence-electron chi connectivity index (χ0n) is 17.3. The summed E-state index contributed by atoms with van der Waals surface area (Å²) in [5, 5.41) is 96.2. The molecule has 0 radical (unpaired) electrons. The Kier molecular flexibility index (Phi) is 14.5. The van der Waals surface area contributed by atoms with Gasteiger partial charge in [0.25, 0.3) is 0 Å². The Balaban J connectivity index is 5.24. The highest BCUT2D eigenvalue weighted by atomic mass is 16.5. The molecule has 31 heavy (non-hydrogen) atoms. The minimum Gasteiger partial charge on any atom is -0.468 e. The Bertz CT molecular complexity index is 472. The average molecular weight is 460 g/mol. The summed E-state index contributed by atoms with van der Waals surface area (Å²) < 4.78 is 4.49. The van der Waals surface area contributed by atoms with Crippen LogP contribution in [0.3, 0.4) is 0 Å². The van der Waals surface area contributed by atoms with Gasteiger partial charge in [-0.15, -0.1) is 0 Å². The fourth-order valence-corrected chi connectivity index (χ4v) is 2.72. The van der Waals surface area contributed by atoms with Crippen LogP contribution >= 0.6 is 0 Å². The molecule has 0 spiro atoms. The van der Waals surface area contributed by atoms with Gasteiger partial charge in [-0.25, -0.2) is 0 Å². The number of carbonyl (C=O) groups is 1. The van der Waals surface area contributed by atoms with Crippen molar-refractivity contribution in [3.05, 3.63) is 0 Å². The summed E-state index contributed by atoms with van der Waals surface area (Å²) in [5.74, 6) is -0.732. The van der Waals surface area contributed by atoms with E-state index in [1.165, 1.54) is 4.90 Å². The maximum Gasteiger partial charge on any atom is 0.322 e. The maximum atomic E-state index is 11.5. The molecule has 0 aliphatic rings. The van der Waals surface area contributed by atoms with Gasteiger partial charge in [0.1, 0.15) is 42.7 Å². The SMILES string of the molecule is COC(=O)[C@@H](N)CCN(C[C@H](O)[C@@H](O)[C@H](O)[C@H](O)CO)C[C@H](O)[C@@H](O)[C@H](O)[C@H](O)CO. The van der Waals surface area contributed by atoms with Crippen molar-refractivity contribution in [2.24, 2.45) is 5.73 Å². The molecular weight excluding hydrogens is 424 g/mol. The van der Waals surface area contributed by atoms with Crippen LogP contribution in [0.1, 0.15) is 6.42 Å². The van der Waals surface area contributed by atoms with Crippen molar-refractivity contribution in [3.8, 4) is 0 Å². The van der Waals surface area contributed by atoms with Crippen molar-refractivity contribution in [1.82, 2.24) is 4.90 Å². The molecule has 14 nitrogen and oxygen atoms in total. The Labute approximate surface area is 179 Å². The molecular formula is C17H36N2O12. The lowest BCUT2D eigenvalue weighted by Gasteiger charge is -2.33.